The number of hydrogen-bond acceptors (Lipinski definition) is 3. The van der Waals surface area contributed by atoms with Crippen molar-refractivity contribution >= 4 is 10.0 Å². The van der Waals surface area contributed by atoms with Gasteiger partial charge in [0, 0.05) is 19.1 Å². The molecule has 1 N–H and O–H groups in total. The highest BCUT2D eigenvalue weighted by Gasteiger charge is 2.25. The van der Waals surface area contributed by atoms with Gasteiger partial charge < -0.3 is 4.90 Å². The predicted octanol–water partition coefficient (Wildman–Crippen LogP) is 1.06. The SMILES string of the molecule is CN(CCNS(=O)(=O)c1ccccc1)C1CC1. The molecule has 0 spiro atoms. The Morgan fingerprint density at radius 3 is 2.53 bits per heavy atom. The van der Waals surface area contributed by atoms with Crippen molar-refractivity contribution in [2.24, 2.45) is 0 Å². The molecule has 0 saturated heterocycles. The molecule has 0 unspecified atom stereocenters. The predicted molar refractivity (Wildman–Crippen MR) is 67.3 cm³/mol. The van der Waals surface area contributed by atoms with Gasteiger partial charge in [-0.3, -0.25) is 0 Å². The van der Waals surface area contributed by atoms with E-state index in [9.17, 15) is 8.42 Å². The zero-order valence-corrected chi connectivity index (χ0v) is 10.8. The second-order valence-corrected chi connectivity index (χ2v) is 6.19. The fourth-order valence-electron chi connectivity index (χ4n) is 1.74. The average Bonchev–Trinajstić information content (AvgIpc) is 3.14. The van der Waals surface area contributed by atoms with Gasteiger partial charge >= 0.3 is 0 Å². The average molecular weight is 254 g/mol. The van der Waals surface area contributed by atoms with Crippen LogP contribution < -0.4 is 4.72 Å². The molecule has 1 aliphatic rings. The van der Waals surface area contributed by atoms with Gasteiger partial charge in [-0.2, -0.15) is 0 Å². The van der Waals surface area contributed by atoms with Gasteiger partial charge in [0.2, 0.25) is 10.0 Å². The summed E-state index contributed by atoms with van der Waals surface area (Å²) in [6, 6.07) is 9.13. The van der Waals surface area contributed by atoms with E-state index in [-0.39, 0.29) is 0 Å². The van der Waals surface area contributed by atoms with Crippen LogP contribution in [0.2, 0.25) is 0 Å². The standard InChI is InChI=1S/C12H18N2O2S/c1-14(11-7-8-11)10-9-13-17(15,16)12-5-3-2-4-6-12/h2-6,11,13H,7-10H2,1H3. The molecule has 0 radical (unpaired) electrons. The largest absolute Gasteiger partial charge is 0.302 e. The number of benzene rings is 1. The molecule has 1 aromatic carbocycles. The summed E-state index contributed by atoms with van der Waals surface area (Å²) in [6.45, 7) is 1.22. The quantitative estimate of drug-likeness (QED) is 0.826. The molecule has 0 aliphatic heterocycles. The number of rotatable bonds is 6. The van der Waals surface area contributed by atoms with Crippen LogP contribution in [-0.2, 0) is 10.0 Å². The monoisotopic (exact) mass is 254 g/mol. The number of sulfonamides is 1. The normalized spacial score (nSPS) is 16.4. The molecule has 1 aliphatic carbocycles. The minimum Gasteiger partial charge on any atom is -0.302 e. The van der Waals surface area contributed by atoms with Crippen LogP contribution in [0.15, 0.2) is 35.2 Å². The molecule has 0 heterocycles. The number of likely N-dealkylation sites (N-methyl/N-ethyl adjacent to an activating group) is 1. The lowest BCUT2D eigenvalue weighted by Gasteiger charge is -2.15. The fraction of sp³-hybridized carbons (Fsp3) is 0.500. The zero-order valence-electron chi connectivity index (χ0n) is 9.96. The van der Waals surface area contributed by atoms with E-state index in [1.165, 1.54) is 12.8 Å². The van der Waals surface area contributed by atoms with Crippen LogP contribution in [0.1, 0.15) is 12.8 Å². The molecule has 0 atom stereocenters. The molecule has 0 aromatic heterocycles. The maximum Gasteiger partial charge on any atom is 0.240 e. The summed E-state index contributed by atoms with van der Waals surface area (Å²) in [5, 5.41) is 0. The topological polar surface area (TPSA) is 49.4 Å². The summed E-state index contributed by atoms with van der Waals surface area (Å²) in [7, 11) is -1.30. The third-order valence-electron chi connectivity index (χ3n) is 2.98. The summed E-state index contributed by atoms with van der Waals surface area (Å²) in [6.07, 6.45) is 2.48. The first-order valence-corrected chi connectivity index (χ1v) is 7.33. The van der Waals surface area contributed by atoms with E-state index in [1.54, 1.807) is 30.3 Å². The number of nitrogens with zero attached hydrogens (tertiary/aromatic N) is 1. The summed E-state index contributed by atoms with van der Waals surface area (Å²) in [5.41, 5.74) is 0. The van der Waals surface area contributed by atoms with E-state index in [0.717, 1.165) is 6.54 Å². The van der Waals surface area contributed by atoms with E-state index in [2.05, 4.69) is 9.62 Å². The fourth-order valence-corrected chi connectivity index (χ4v) is 2.78. The van der Waals surface area contributed by atoms with Crippen LogP contribution in [-0.4, -0.2) is 39.5 Å². The van der Waals surface area contributed by atoms with Crippen LogP contribution in [0, 0.1) is 0 Å². The van der Waals surface area contributed by atoms with Gasteiger partial charge in [-0.25, -0.2) is 13.1 Å². The summed E-state index contributed by atoms with van der Waals surface area (Å²) >= 11 is 0. The van der Waals surface area contributed by atoms with Crippen molar-refractivity contribution in [3.63, 3.8) is 0 Å². The van der Waals surface area contributed by atoms with E-state index in [1.807, 2.05) is 7.05 Å². The van der Waals surface area contributed by atoms with E-state index < -0.39 is 10.0 Å². The van der Waals surface area contributed by atoms with E-state index in [4.69, 9.17) is 0 Å². The molecule has 0 bridgehead atoms. The molecule has 2 rings (SSSR count). The lowest BCUT2D eigenvalue weighted by molar-refractivity contribution is 0.329. The summed E-state index contributed by atoms with van der Waals surface area (Å²) < 4.78 is 26.4. The van der Waals surface area contributed by atoms with Gasteiger partial charge in [-0.05, 0) is 32.0 Å². The highest BCUT2D eigenvalue weighted by molar-refractivity contribution is 7.89. The summed E-state index contributed by atoms with van der Waals surface area (Å²) in [4.78, 5) is 2.53. The molecule has 5 heteroatoms. The van der Waals surface area contributed by atoms with Gasteiger partial charge in [0.1, 0.15) is 0 Å². The van der Waals surface area contributed by atoms with Crippen LogP contribution in [0.5, 0.6) is 0 Å². The first-order valence-electron chi connectivity index (χ1n) is 5.84. The Morgan fingerprint density at radius 2 is 1.94 bits per heavy atom. The minimum atomic E-state index is -3.34. The van der Waals surface area contributed by atoms with Crippen molar-refractivity contribution in [3.05, 3.63) is 30.3 Å². The zero-order chi connectivity index (χ0) is 12.3. The maximum absolute atomic E-state index is 11.9. The van der Waals surface area contributed by atoms with Crippen LogP contribution in [0.3, 0.4) is 0 Å². The van der Waals surface area contributed by atoms with Gasteiger partial charge in [0.15, 0.2) is 0 Å². The van der Waals surface area contributed by atoms with Crippen molar-refractivity contribution < 1.29 is 8.42 Å². The highest BCUT2D eigenvalue weighted by atomic mass is 32.2. The second-order valence-electron chi connectivity index (χ2n) is 4.42. The third-order valence-corrected chi connectivity index (χ3v) is 4.46. The molecule has 0 amide bonds. The lowest BCUT2D eigenvalue weighted by Crippen LogP contribution is -2.33. The highest BCUT2D eigenvalue weighted by Crippen LogP contribution is 2.24. The number of hydrogen-bond donors (Lipinski definition) is 1. The molecular weight excluding hydrogens is 236 g/mol. The Bertz CT molecular complexity index is 455. The molecule has 4 nitrogen and oxygen atoms in total. The summed E-state index contributed by atoms with van der Waals surface area (Å²) in [5.74, 6) is 0. The molecule has 1 fully saturated rings. The molecular formula is C12H18N2O2S. The van der Waals surface area contributed by atoms with Gasteiger partial charge in [0.05, 0.1) is 4.90 Å². The van der Waals surface area contributed by atoms with Crippen molar-refractivity contribution in [2.45, 2.75) is 23.8 Å². The first kappa shape index (κ1) is 12.5. The van der Waals surface area contributed by atoms with Gasteiger partial charge in [-0.1, -0.05) is 18.2 Å². The minimum absolute atomic E-state index is 0.328. The van der Waals surface area contributed by atoms with Crippen LogP contribution in [0.25, 0.3) is 0 Å². The maximum atomic E-state index is 11.9. The molecule has 17 heavy (non-hydrogen) atoms. The Hall–Kier alpha value is -0.910. The van der Waals surface area contributed by atoms with Crippen molar-refractivity contribution in [1.82, 2.24) is 9.62 Å². The van der Waals surface area contributed by atoms with Gasteiger partial charge in [0.25, 0.3) is 0 Å². The van der Waals surface area contributed by atoms with E-state index >= 15 is 0 Å². The Morgan fingerprint density at radius 1 is 1.29 bits per heavy atom. The third kappa shape index (κ3) is 3.52. The lowest BCUT2D eigenvalue weighted by atomic mass is 10.4. The smallest absolute Gasteiger partial charge is 0.240 e. The Balaban J connectivity index is 1.85. The van der Waals surface area contributed by atoms with Crippen molar-refractivity contribution in [2.75, 3.05) is 20.1 Å². The van der Waals surface area contributed by atoms with Gasteiger partial charge in [-0.15, -0.1) is 0 Å². The van der Waals surface area contributed by atoms with Crippen LogP contribution in [0.4, 0.5) is 0 Å². The first-order chi connectivity index (χ1) is 8.09. The van der Waals surface area contributed by atoms with Crippen molar-refractivity contribution in [3.8, 4) is 0 Å². The second kappa shape index (κ2) is 5.16. The molecule has 1 aromatic rings. The number of nitrogens with one attached hydrogen (secondary N) is 1. The Kier molecular flexibility index (Phi) is 3.81. The Labute approximate surface area is 103 Å². The molecule has 94 valence electrons. The van der Waals surface area contributed by atoms with Crippen LogP contribution >= 0.6 is 0 Å². The molecule has 1 saturated carbocycles. The van der Waals surface area contributed by atoms with E-state index in [0.29, 0.717) is 17.5 Å². The van der Waals surface area contributed by atoms with Crippen molar-refractivity contribution in [1.29, 1.82) is 0 Å².